The number of carbonyl (C=O) groups is 1. The van der Waals surface area contributed by atoms with E-state index >= 15 is 0 Å². The normalized spacial score (nSPS) is 19.4. The third-order valence-electron chi connectivity index (χ3n) is 5.44. The van der Waals surface area contributed by atoms with Gasteiger partial charge in [0, 0.05) is 30.0 Å². The Morgan fingerprint density at radius 2 is 2.04 bits per heavy atom. The van der Waals surface area contributed by atoms with E-state index in [-0.39, 0.29) is 12.5 Å². The van der Waals surface area contributed by atoms with E-state index in [1.165, 1.54) is 38.2 Å². The van der Waals surface area contributed by atoms with Crippen molar-refractivity contribution in [1.82, 2.24) is 10.6 Å². The predicted octanol–water partition coefficient (Wildman–Crippen LogP) is 3.81. The number of unbranched alkanes of at least 4 members (excludes halogenated alkanes) is 5. The van der Waals surface area contributed by atoms with E-state index in [0.29, 0.717) is 24.1 Å². The molecule has 1 amide bonds. The fraction of sp³-hybridized carbons (Fsp3) is 0.591. The molecule has 0 aliphatic carbocycles. The van der Waals surface area contributed by atoms with Gasteiger partial charge in [0.25, 0.3) is 0 Å². The number of amides is 1. The van der Waals surface area contributed by atoms with Gasteiger partial charge in [0.2, 0.25) is 5.91 Å². The third-order valence-corrected chi connectivity index (χ3v) is 5.44. The highest BCUT2D eigenvalue weighted by Crippen LogP contribution is 2.24. The molecule has 0 bridgehead atoms. The summed E-state index contributed by atoms with van der Waals surface area (Å²) in [4.78, 5) is 12.1. The molecule has 2 heterocycles. The van der Waals surface area contributed by atoms with Gasteiger partial charge in [-0.05, 0) is 31.5 Å². The van der Waals surface area contributed by atoms with Crippen molar-refractivity contribution in [3.8, 4) is 0 Å². The van der Waals surface area contributed by atoms with Crippen LogP contribution in [0.4, 0.5) is 4.39 Å². The number of benzene rings is 1. The van der Waals surface area contributed by atoms with Crippen LogP contribution in [0, 0.1) is 5.82 Å². The summed E-state index contributed by atoms with van der Waals surface area (Å²) in [6.07, 6.45) is 8.05. The first kappa shape index (κ1) is 20.8. The Kier molecular flexibility index (Phi) is 7.45. The minimum Gasteiger partial charge on any atom is -0.461 e. The van der Waals surface area contributed by atoms with Crippen LogP contribution in [0.25, 0.3) is 11.0 Å². The van der Waals surface area contributed by atoms with Gasteiger partial charge in [0.15, 0.2) is 0 Å². The Labute approximate surface area is 165 Å². The summed E-state index contributed by atoms with van der Waals surface area (Å²) in [6.45, 7) is 2.90. The van der Waals surface area contributed by atoms with Crippen LogP contribution in [-0.4, -0.2) is 29.7 Å². The lowest BCUT2D eigenvalue weighted by Gasteiger charge is -2.14. The molecule has 3 rings (SSSR count). The number of carbonyl (C=O) groups excluding carboxylic acids is 1. The maximum absolute atomic E-state index is 14.4. The zero-order valence-electron chi connectivity index (χ0n) is 16.6. The highest BCUT2D eigenvalue weighted by Gasteiger charge is 2.30. The van der Waals surface area contributed by atoms with Crippen LogP contribution in [0.15, 0.2) is 22.6 Å². The van der Waals surface area contributed by atoms with E-state index in [2.05, 4.69) is 17.6 Å². The lowest BCUT2D eigenvalue weighted by atomic mass is 10.1. The summed E-state index contributed by atoms with van der Waals surface area (Å²) in [7, 11) is 0. The van der Waals surface area contributed by atoms with Crippen LogP contribution in [0.3, 0.4) is 0 Å². The van der Waals surface area contributed by atoms with E-state index in [1.807, 2.05) is 6.07 Å². The average molecular weight is 390 g/mol. The van der Waals surface area contributed by atoms with Gasteiger partial charge in [-0.1, -0.05) is 39.0 Å². The van der Waals surface area contributed by atoms with Crippen LogP contribution in [-0.2, 0) is 17.8 Å². The van der Waals surface area contributed by atoms with Crippen molar-refractivity contribution >= 4 is 16.9 Å². The Morgan fingerprint density at radius 1 is 1.25 bits per heavy atom. The lowest BCUT2D eigenvalue weighted by Crippen LogP contribution is -2.45. The maximum Gasteiger partial charge on any atom is 0.240 e. The van der Waals surface area contributed by atoms with Crippen molar-refractivity contribution < 1.29 is 18.7 Å². The molecular formula is C22H31FN2O3. The van der Waals surface area contributed by atoms with Crippen molar-refractivity contribution in [3.05, 3.63) is 35.3 Å². The molecule has 5 nitrogen and oxygen atoms in total. The monoisotopic (exact) mass is 390 g/mol. The molecule has 2 unspecified atom stereocenters. The quantitative estimate of drug-likeness (QED) is 0.539. The second-order valence-corrected chi connectivity index (χ2v) is 7.72. The minimum atomic E-state index is -0.689. The molecular weight excluding hydrogens is 359 g/mol. The van der Waals surface area contributed by atoms with Gasteiger partial charge in [-0.25, -0.2) is 4.39 Å². The standard InChI is InChI=1S/C22H31FN2O3/c1-2-3-4-5-6-7-8-17-12-15-11-16(18(23)13-20(15)28-17)14-25-22(27)21-19(26)9-10-24-21/h11-13,19,21,24,26H,2-10,14H2,1H3,(H,25,27). The lowest BCUT2D eigenvalue weighted by molar-refractivity contribution is -0.124. The number of aliphatic hydroxyl groups excluding tert-OH is 1. The topological polar surface area (TPSA) is 74.5 Å². The Morgan fingerprint density at radius 3 is 2.79 bits per heavy atom. The van der Waals surface area contributed by atoms with E-state index in [0.717, 1.165) is 24.0 Å². The fourth-order valence-electron chi connectivity index (χ4n) is 3.75. The van der Waals surface area contributed by atoms with E-state index < -0.39 is 18.0 Å². The summed E-state index contributed by atoms with van der Waals surface area (Å²) < 4.78 is 20.2. The van der Waals surface area contributed by atoms with Crippen molar-refractivity contribution in [2.75, 3.05) is 6.54 Å². The zero-order chi connectivity index (χ0) is 19.9. The van der Waals surface area contributed by atoms with Crippen LogP contribution in [0.5, 0.6) is 0 Å². The third kappa shape index (κ3) is 5.32. The Bertz CT molecular complexity index is 789. The largest absolute Gasteiger partial charge is 0.461 e. The average Bonchev–Trinajstić information content (AvgIpc) is 3.27. The number of fused-ring (bicyclic) bond motifs is 1. The highest BCUT2D eigenvalue weighted by atomic mass is 19.1. The van der Waals surface area contributed by atoms with Crippen LogP contribution in [0.1, 0.15) is 63.2 Å². The molecule has 0 spiro atoms. The van der Waals surface area contributed by atoms with Gasteiger partial charge in [-0.3, -0.25) is 4.79 Å². The van der Waals surface area contributed by atoms with Crippen molar-refractivity contribution in [1.29, 1.82) is 0 Å². The number of furan rings is 1. The number of halogens is 1. The number of aliphatic hydroxyl groups is 1. The molecule has 3 N–H and O–H groups in total. The number of rotatable bonds is 10. The Balaban J connectivity index is 1.55. The SMILES string of the molecule is CCCCCCCCc1cc2cc(CNC(=O)C3NCCC3O)c(F)cc2o1. The van der Waals surface area contributed by atoms with Gasteiger partial charge in [-0.15, -0.1) is 0 Å². The Hall–Kier alpha value is -1.92. The number of hydrogen-bond donors (Lipinski definition) is 3. The van der Waals surface area contributed by atoms with Crippen LogP contribution in [0.2, 0.25) is 0 Å². The first-order valence-corrected chi connectivity index (χ1v) is 10.5. The zero-order valence-corrected chi connectivity index (χ0v) is 16.6. The molecule has 1 aromatic heterocycles. The summed E-state index contributed by atoms with van der Waals surface area (Å²) in [6, 6.07) is 4.47. The van der Waals surface area contributed by atoms with Gasteiger partial charge in [0.1, 0.15) is 23.2 Å². The second-order valence-electron chi connectivity index (χ2n) is 7.72. The molecule has 1 saturated heterocycles. The molecule has 6 heteroatoms. The smallest absolute Gasteiger partial charge is 0.240 e. The molecule has 1 aliphatic rings. The highest BCUT2D eigenvalue weighted by molar-refractivity contribution is 5.83. The maximum atomic E-state index is 14.4. The van der Waals surface area contributed by atoms with Crippen LogP contribution >= 0.6 is 0 Å². The van der Waals surface area contributed by atoms with Gasteiger partial charge in [0.05, 0.1) is 6.10 Å². The van der Waals surface area contributed by atoms with E-state index in [1.54, 1.807) is 6.07 Å². The van der Waals surface area contributed by atoms with Crippen LogP contribution < -0.4 is 10.6 Å². The first-order valence-electron chi connectivity index (χ1n) is 10.5. The minimum absolute atomic E-state index is 0.0868. The molecule has 0 radical (unpaired) electrons. The molecule has 1 aliphatic heterocycles. The number of nitrogens with one attached hydrogen (secondary N) is 2. The van der Waals surface area contributed by atoms with Crippen molar-refractivity contribution in [2.45, 2.75) is 77.0 Å². The number of hydrogen-bond acceptors (Lipinski definition) is 4. The molecule has 2 atom stereocenters. The summed E-state index contributed by atoms with van der Waals surface area (Å²) in [5.41, 5.74) is 0.960. The fourth-order valence-corrected chi connectivity index (χ4v) is 3.75. The molecule has 1 fully saturated rings. The summed E-state index contributed by atoms with van der Waals surface area (Å²) in [5, 5.41) is 16.3. The number of aryl methyl sites for hydroxylation is 1. The van der Waals surface area contributed by atoms with E-state index in [4.69, 9.17) is 4.42 Å². The predicted molar refractivity (Wildman–Crippen MR) is 108 cm³/mol. The molecule has 2 aromatic rings. The van der Waals surface area contributed by atoms with Gasteiger partial charge in [-0.2, -0.15) is 0 Å². The molecule has 0 saturated carbocycles. The first-order chi connectivity index (χ1) is 13.6. The molecule has 154 valence electrons. The van der Waals surface area contributed by atoms with Gasteiger partial charge >= 0.3 is 0 Å². The molecule has 28 heavy (non-hydrogen) atoms. The second kappa shape index (κ2) is 10.0. The van der Waals surface area contributed by atoms with Gasteiger partial charge < -0.3 is 20.2 Å². The molecule has 1 aromatic carbocycles. The van der Waals surface area contributed by atoms with Crippen molar-refractivity contribution in [2.24, 2.45) is 0 Å². The van der Waals surface area contributed by atoms with E-state index in [9.17, 15) is 14.3 Å². The summed E-state index contributed by atoms with van der Waals surface area (Å²) in [5.74, 6) is 0.179. The summed E-state index contributed by atoms with van der Waals surface area (Å²) >= 11 is 0. The van der Waals surface area contributed by atoms with Crippen molar-refractivity contribution in [3.63, 3.8) is 0 Å².